The highest BCUT2D eigenvalue weighted by Crippen LogP contribution is 2.38. The van der Waals surface area contributed by atoms with Gasteiger partial charge in [-0.15, -0.1) is 0 Å². The van der Waals surface area contributed by atoms with E-state index in [4.69, 9.17) is 18.9 Å². The van der Waals surface area contributed by atoms with Gasteiger partial charge in [0.2, 0.25) is 5.91 Å². The molecule has 3 aromatic rings. The number of carbonyl (C=O) groups excluding carboxylic acids is 2. The van der Waals surface area contributed by atoms with Crippen molar-refractivity contribution < 1.29 is 28.5 Å². The first kappa shape index (κ1) is 33.5. The minimum absolute atomic E-state index is 0.0128. The molecule has 1 aliphatic carbocycles. The van der Waals surface area contributed by atoms with Crippen molar-refractivity contribution in [3.05, 3.63) is 88.8 Å². The van der Waals surface area contributed by atoms with E-state index in [1.807, 2.05) is 59.2 Å². The molecule has 6 rings (SSSR count). The Labute approximate surface area is 283 Å². The zero-order chi connectivity index (χ0) is 33.6. The minimum Gasteiger partial charge on any atom is -0.496 e. The molecule has 3 aliphatic rings. The standard InChI is InChI=1S/C38H46N4O6/c1-25-37(46-4)28(16-17-39-25)21-42(31-12-13-31)38(44)36-33(20-30-22-41(26(2)43)23-34(36)40-30)27-10-14-32(15-11-27)48-19-7-18-47-24-29-8-5-6-9-35(29)45-3/h5-6,8-11,14-17,30-31,34,40H,7,12-13,18-24H2,1-4H3/t30-,34-/m1/s1. The van der Waals surface area contributed by atoms with Crippen LogP contribution >= 0.6 is 0 Å². The Balaban J connectivity index is 1.17. The molecule has 0 spiro atoms. The number of aromatic nitrogens is 1. The van der Waals surface area contributed by atoms with Crippen LogP contribution in [-0.2, 0) is 27.5 Å². The van der Waals surface area contributed by atoms with Crippen molar-refractivity contribution in [2.24, 2.45) is 0 Å². The van der Waals surface area contributed by atoms with Crippen LogP contribution in [0.4, 0.5) is 0 Å². The lowest BCUT2D eigenvalue weighted by Crippen LogP contribution is -2.61. The highest BCUT2D eigenvalue weighted by atomic mass is 16.5. The van der Waals surface area contributed by atoms with Crippen LogP contribution in [0.5, 0.6) is 17.2 Å². The van der Waals surface area contributed by atoms with Crippen LogP contribution < -0.4 is 19.5 Å². The molecule has 1 saturated heterocycles. The molecule has 1 N–H and O–H groups in total. The van der Waals surface area contributed by atoms with E-state index in [-0.39, 0.29) is 29.9 Å². The van der Waals surface area contributed by atoms with E-state index in [1.165, 1.54) is 0 Å². The predicted molar refractivity (Wildman–Crippen MR) is 183 cm³/mol. The first-order chi connectivity index (χ1) is 23.4. The van der Waals surface area contributed by atoms with Crippen LogP contribution in [-0.4, -0.2) is 85.2 Å². The summed E-state index contributed by atoms with van der Waals surface area (Å²) < 4.78 is 23.0. The van der Waals surface area contributed by atoms with Gasteiger partial charge in [0.15, 0.2) is 0 Å². The van der Waals surface area contributed by atoms with E-state index in [9.17, 15) is 9.59 Å². The SMILES string of the molecule is COc1ccccc1COCCCOc1ccc(C2=C(C(=O)N(Cc3ccnc(C)c3OC)C3CC3)[C@H]3CN(C(C)=O)C[C@@H](C2)N3)cc1. The van der Waals surface area contributed by atoms with Crippen molar-refractivity contribution >= 4 is 17.4 Å². The maximum Gasteiger partial charge on any atom is 0.252 e. The number of fused-ring (bicyclic) bond motifs is 2. The minimum atomic E-state index is -0.252. The number of rotatable bonds is 14. The molecule has 10 heteroatoms. The summed E-state index contributed by atoms with van der Waals surface area (Å²) in [5.41, 5.74) is 5.55. The third kappa shape index (κ3) is 7.66. The fourth-order valence-electron chi connectivity index (χ4n) is 6.83. The van der Waals surface area contributed by atoms with Gasteiger partial charge in [-0.2, -0.15) is 0 Å². The molecule has 2 amide bonds. The lowest BCUT2D eigenvalue weighted by Gasteiger charge is -2.44. The molecule has 3 heterocycles. The number of hydrogen-bond donors (Lipinski definition) is 1. The number of aryl methyl sites for hydroxylation is 1. The zero-order valence-corrected chi connectivity index (χ0v) is 28.4. The van der Waals surface area contributed by atoms with Gasteiger partial charge in [-0.05, 0) is 61.6 Å². The van der Waals surface area contributed by atoms with Gasteiger partial charge in [-0.1, -0.05) is 30.3 Å². The Bertz CT molecular complexity index is 1640. The number of ether oxygens (including phenoxy) is 4. The van der Waals surface area contributed by atoms with Crippen molar-refractivity contribution in [1.82, 2.24) is 20.1 Å². The Morgan fingerprint density at radius 1 is 0.979 bits per heavy atom. The smallest absolute Gasteiger partial charge is 0.252 e. The van der Waals surface area contributed by atoms with E-state index < -0.39 is 0 Å². The van der Waals surface area contributed by atoms with E-state index in [1.54, 1.807) is 27.3 Å². The van der Waals surface area contributed by atoms with Crippen LogP contribution in [0, 0.1) is 6.92 Å². The summed E-state index contributed by atoms with van der Waals surface area (Å²) in [5, 5.41) is 3.67. The number of carbonyl (C=O) groups is 2. The molecular weight excluding hydrogens is 608 g/mol. The highest BCUT2D eigenvalue weighted by Gasteiger charge is 2.43. The largest absolute Gasteiger partial charge is 0.496 e. The Kier molecular flexibility index (Phi) is 10.6. The molecule has 2 atom stereocenters. The summed E-state index contributed by atoms with van der Waals surface area (Å²) in [6.45, 7) is 6.64. The number of benzene rings is 2. The Hall–Kier alpha value is -4.41. The molecule has 2 aromatic carbocycles. The summed E-state index contributed by atoms with van der Waals surface area (Å²) in [5.74, 6) is 2.36. The van der Waals surface area contributed by atoms with Gasteiger partial charge in [0.1, 0.15) is 17.2 Å². The second kappa shape index (κ2) is 15.2. The zero-order valence-electron chi connectivity index (χ0n) is 28.4. The molecule has 254 valence electrons. The topological polar surface area (TPSA) is 102 Å². The third-order valence-corrected chi connectivity index (χ3v) is 9.39. The molecule has 10 nitrogen and oxygen atoms in total. The fraction of sp³-hybridized carbons (Fsp3) is 0.447. The van der Waals surface area contributed by atoms with Crippen molar-refractivity contribution in [3.8, 4) is 17.2 Å². The first-order valence-electron chi connectivity index (χ1n) is 16.8. The summed E-state index contributed by atoms with van der Waals surface area (Å²) in [4.78, 5) is 35.4. The van der Waals surface area contributed by atoms with Gasteiger partial charge in [0, 0.05) is 61.4 Å². The quantitative estimate of drug-likeness (QED) is 0.244. The molecule has 48 heavy (non-hydrogen) atoms. The molecule has 0 radical (unpaired) electrons. The molecule has 1 aromatic heterocycles. The maximum atomic E-state index is 14.7. The number of methoxy groups -OCH3 is 2. The highest BCUT2D eigenvalue weighted by molar-refractivity contribution is 6.03. The number of nitrogens with one attached hydrogen (secondary N) is 1. The lowest BCUT2D eigenvalue weighted by molar-refractivity contribution is -0.132. The van der Waals surface area contributed by atoms with Gasteiger partial charge in [-0.3, -0.25) is 14.6 Å². The number of amides is 2. The molecule has 1 saturated carbocycles. The van der Waals surface area contributed by atoms with Gasteiger partial charge in [-0.25, -0.2) is 0 Å². The van der Waals surface area contributed by atoms with Crippen LogP contribution in [0.3, 0.4) is 0 Å². The third-order valence-electron chi connectivity index (χ3n) is 9.39. The van der Waals surface area contributed by atoms with Gasteiger partial charge in [0.05, 0.1) is 52.3 Å². The van der Waals surface area contributed by atoms with Crippen molar-refractivity contribution in [2.75, 3.05) is 40.5 Å². The number of hydrogen-bond acceptors (Lipinski definition) is 8. The molecule has 0 unspecified atom stereocenters. The van der Waals surface area contributed by atoms with Gasteiger partial charge >= 0.3 is 0 Å². The van der Waals surface area contributed by atoms with E-state index in [0.717, 1.165) is 64.3 Å². The number of para-hydroxylation sites is 1. The first-order valence-corrected chi connectivity index (χ1v) is 16.8. The molecule has 2 fully saturated rings. The summed E-state index contributed by atoms with van der Waals surface area (Å²) >= 11 is 0. The van der Waals surface area contributed by atoms with Gasteiger partial charge < -0.3 is 34.1 Å². The summed E-state index contributed by atoms with van der Waals surface area (Å²) in [7, 11) is 3.31. The summed E-state index contributed by atoms with van der Waals surface area (Å²) in [6.07, 6.45) is 5.12. The van der Waals surface area contributed by atoms with E-state index in [0.29, 0.717) is 51.6 Å². The van der Waals surface area contributed by atoms with E-state index >= 15 is 0 Å². The van der Waals surface area contributed by atoms with Crippen molar-refractivity contribution in [1.29, 1.82) is 0 Å². The Morgan fingerprint density at radius 3 is 2.50 bits per heavy atom. The van der Waals surface area contributed by atoms with Gasteiger partial charge in [0.25, 0.3) is 5.91 Å². The monoisotopic (exact) mass is 654 g/mol. The van der Waals surface area contributed by atoms with Crippen molar-refractivity contribution in [3.63, 3.8) is 0 Å². The van der Waals surface area contributed by atoms with Crippen LogP contribution in [0.15, 0.2) is 66.4 Å². The second-order valence-electron chi connectivity index (χ2n) is 12.8. The predicted octanol–water partition coefficient (Wildman–Crippen LogP) is 4.93. The normalized spacial score (nSPS) is 18.8. The van der Waals surface area contributed by atoms with E-state index in [2.05, 4.69) is 22.4 Å². The molecule has 2 bridgehead atoms. The van der Waals surface area contributed by atoms with Crippen LogP contribution in [0.1, 0.15) is 55.0 Å². The average molecular weight is 655 g/mol. The van der Waals surface area contributed by atoms with Crippen molar-refractivity contribution in [2.45, 2.75) is 70.8 Å². The summed E-state index contributed by atoms with van der Waals surface area (Å²) in [6, 6.07) is 17.8. The van der Waals surface area contributed by atoms with Crippen LogP contribution in [0.2, 0.25) is 0 Å². The fourth-order valence-corrected chi connectivity index (χ4v) is 6.83. The van der Waals surface area contributed by atoms with Crippen LogP contribution in [0.25, 0.3) is 5.57 Å². The lowest BCUT2D eigenvalue weighted by atomic mass is 9.82. The molecular formula is C38H46N4O6. The average Bonchev–Trinajstić information content (AvgIpc) is 3.94. The number of nitrogens with zero attached hydrogens (tertiary/aromatic N) is 3. The maximum absolute atomic E-state index is 14.7. The Morgan fingerprint density at radius 2 is 1.77 bits per heavy atom. The number of pyridine rings is 1. The number of piperazine rings is 1. The second-order valence-corrected chi connectivity index (χ2v) is 12.8. The molecule has 2 aliphatic heterocycles.